The van der Waals surface area contributed by atoms with E-state index in [2.05, 4.69) is 4.98 Å². The first-order chi connectivity index (χ1) is 6.61. The molecule has 0 aliphatic heterocycles. The molecule has 0 radical (unpaired) electrons. The van der Waals surface area contributed by atoms with Crippen LogP contribution in [0.5, 0.6) is 5.75 Å². The summed E-state index contributed by atoms with van der Waals surface area (Å²) in [6.45, 7) is -0.468. The lowest BCUT2D eigenvalue weighted by atomic mass is 10.2. The topological polar surface area (TPSA) is 42.4 Å². The number of hydrogen-bond acceptors (Lipinski definition) is 3. The molecule has 0 unspecified atom stereocenters. The summed E-state index contributed by atoms with van der Waals surface area (Å²) in [4.78, 5) is 3.44. The van der Waals surface area contributed by atoms with Crippen LogP contribution in [0.15, 0.2) is 6.20 Å². The van der Waals surface area contributed by atoms with E-state index in [1.54, 1.807) is 0 Å². The van der Waals surface area contributed by atoms with E-state index in [1.165, 1.54) is 7.11 Å². The molecule has 14 heavy (non-hydrogen) atoms. The molecule has 6 heteroatoms. The van der Waals surface area contributed by atoms with Gasteiger partial charge in [0.2, 0.25) is 0 Å². The van der Waals surface area contributed by atoms with E-state index in [4.69, 9.17) is 21.4 Å². The molecule has 0 atom stereocenters. The van der Waals surface area contributed by atoms with E-state index in [0.29, 0.717) is 0 Å². The lowest BCUT2D eigenvalue weighted by Crippen LogP contribution is -2.01. The number of methoxy groups -OCH3 is 1. The second kappa shape index (κ2) is 4.52. The van der Waals surface area contributed by atoms with E-state index in [0.717, 1.165) is 6.20 Å². The molecule has 0 aliphatic carbocycles. The molecule has 0 fully saturated rings. The SMILES string of the molecule is COc1c(C(F)F)ncc(Cl)c1CO. The Bertz CT molecular complexity index is 333. The Hall–Kier alpha value is -0.940. The van der Waals surface area contributed by atoms with E-state index in [1.807, 2.05) is 0 Å². The Morgan fingerprint density at radius 3 is 2.71 bits per heavy atom. The number of halogens is 3. The van der Waals surface area contributed by atoms with Crippen LogP contribution in [0.3, 0.4) is 0 Å². The molecule has 0 amide bonds. The molecule has 1 aromatic heterocycles. The fourth-order valence-electron chi connectivity index (χ4n) is 1.06. The zero-order valence-electron chi connectivity index (χ0n) is 7.30. The fourth-order valence-corrected chi connectivity index (χ4v) is 1.25. The Morgan fingerprint density at radius 1 is 1.64 bits per heavy atom. The molecule has 1 heterocycles. The van der Waals surface area contributed by atoms with Crippen molar-refractivity contribution in [3.63, 3.8) is 0 Å². The molecular weight excluding hydrogens is 216 g/mol. The molecule has 0 saturated carbocycles. The van der Waals surface area contributed by atoms with Gasteiger partial charge in [0.05, 0.1) is 18.7 Å². The van der Waals surface area contributed by atoms with E-state index in [9.17, 15) is 8.78 Å². The standard InChI is InChI=1S/C8H8ClF2NO2/c1-14-7-4(3-13)5(9)2-12-6(7)8(10)11/h2,8,13H,3H2,1H3. The number of rotatable bonds is 3. The van der Waals surface area contributed by atoms with Crippen molar-refractivity contribution < 1.29 is 18.6 Å². The number of aliphatic hydroxyl groups excluding tert-OH is 1. The molecule has 1 N–H and O–H groups in total. The quantitative estimate of drug-likeness (QED) is 0.854. The van der Waals surface area contributed by atoms with E-state index < -0.39 is 18.7 Å². The maximum Gasteiger partial charge on any atom is 0.284 e. The van der Waals surface area contributed by atoms with Crippen LogP contribution < -0.4 is 4.74 Å². The normalized spacial score (nSPS) is 10.7. The van der Waals surface area contributed by atoms with Crippen molar-refractivity contribution in [3.05, 3.63) is 22.5 Å². The van der Waals surface area contributed by atoms with Crippen molar-refractivity contribution in [2.24, 2.45) is 0 Å². The van der Waals surface area contributed by atoms with Crippen LogP contribution in [-0.2, 0) is 6.61 Å². The molecule has 0 aliphatic rings. The predicted octanol–water partition coefficient (Wildman–Crippen LogP) is 2.17. The zero-order chi connectivity index (χ0) is 10.7. The van der Waals surface area contributed by atoms with Gasteiger partial charge in [0.25, 0.3) is 6.43 Å². The molecule has 0 bridgehead atoms. The van der Waals surface area contributed by atoms with Gasteiger partial charge in [-0.25, -0.2) is 13.8 Å². The van der Waals surface area contributed by atoms with Crippen molar-refractivity contribution in [2.75, 3.05) is 7.11 Å². The highest BCUT2D eigenvalue weighted by Gasteiger charge is 2.20. The van der Waals surface area contributed by atoms with Crippen LogP contribution in [0.2, 0.25) is 5.02 Å². The molecule has 0 saturated heterocycles. The highest BCUT2D eigenvalue weighted by molar-refractivity contribution is 6.31. The smallest absolute Gasteiger partial charge is 0.284 e. The molecule has 1 aromatic rings. The molecule has 78 valence electrons. The van der Waals surface area contributed by atoms with Crippen molar-refractivity contribution >= 4 is 11.6 Å². The summed E-state index contributed by atoms with van der Waals surface area (Å²) in [6.07, 6.45) is -1.69. The number of hydrogen-bond donors (Lipinski definition) is 1. The molecule has 1 rings (SSSR count). The number of nitrogens with zero attached hydrogens (tertiary/aromatic N) is 1. The van der Waals surface area contributed by atoms with E-state index >= 15 is 0 Å². The summed E-state index contributed by atoms with van der Waals surface area (Å²) in [5.41, 5.74) is -0.389. The van der Waals surface area contributed by atoms with Crippen molar-refractivity contribution in [2.45, 2.75) is 13.0 Å². The largest absolute Gasteiger partial charge is 0.494 e. The second-order valence-electron chi connectivity index (χ2n) is 2.46. The summed E-state index contributed by atoms with van der Waals surface area (Å²) in [7, 11) is 1.22. The lowest BCUT2D eigenvalue weighted by Gasteiger charge is -2.11. The van der Waals surface area contributed by atoms with Gasteiger partial charge in [-0.3, -0.25) is 0 Å². The molecule has 3 nitrogen and oxygen atoms in total. The van der Waals surface area contributed by atoms with Crippen LogP contribution in [0.25, 0.3) is 0 Å². The summed E-state index contributed by atoms with van der Waals surface area (Å²) >= 11 is 5.64. The Labute approximate surface area is 84.3 Å². The third-order valence-corrected chi connectivity index (χ3v) is 2.01. The van der Waals surface area contributed by atoms with Gasteiger partial charge >= 0.3 is 0 Å². The highest BCUT2D eigenvalue weighted by Crippen LogP contribution is 2.33. The average Bonchev–Trinajstić information content (AvgIpc) is 2.16. The van der Waals surface area contributed by atoms with Gasteiger partial charge in [-0.1, -0.05) is 11.6 Å². The third-order valence-electron chi connectivity index (χ3n) is 1.68. The number of alkyl halides is 2. The van der Waals surface area contributed by atoms with Crippen molar-refractivity contribution in [1.82, 2.24) is 4.98 Å². The molecular formula is C8H8ClF2NO2. The second-order valence-corrected chi connectivity index (χ2v) is 2.87. The number of ether oxygens (including phenoxy) is 1. The maximum atomic E-state index is 12.4. The highest BCUT2D eigenvalue weighted by atomic mass is 35.5. The average molecular weight is 224 g/mol. The lowest BCUT2D eigenvalue weighted by molar-refractivity contribution is 0.140. The number of aromatic nitrogens is 1. The minimum absolute atomic E-state index is 0.105. The van der Waals surface area contributed by atoms with Gasteiger partial charge in [-0.15, -0.1) is 0 Å². The first kappa shape index (κ1) is 11.1. The molecule has 0 aromatic carbocycles. The van der Waals surface area contributed by atoms with Gasteiger partial charge < -0.3 is 9.84 Å². The van der Waals surface area contributed by atoms with Crippen molar-refractivity contribution in [3.8, 4) is 5.75 Å². The van der Waals surface area contributed by atoms with Gasteiger partial charge in [0, 0.05) is 11.8 Å². The summed E-state index contributed by atoms with van der Waals surface area (Å²) in [5, 5.41) is 9.00. The third kappa shape index (κ3) is 1.93. The molecule has 0 spiro atoms. The van der Waals surface area contributed by atoms with Crippen LogP contribution >= 0.6 is 11.6 Å². The first-order valence-electron chi connectivity index (χ1n) is 3.72. The summed E-state index contributed by atoms with van der Waals surface area (Å²) < 4.78 is 29.5. The predicted molar refractivity (Wildman–Crippen MR) is 46.7 cm³/mol. The van der Waals surface area contributed by atoms with Crippen LogP contribution in [0, 0.1) is 0 Å². The number of aliphatic hydroxyl groups is 1. The zero-order valence-corrected chi connectivity index (χ0v) is 8.05. The monoisotopic (exact) mass is 223 g/mol. The van der Waals surface area contributed by atoms with Crippen LogP contribution in [-0.4, -0.2) is 17.2 Å². The summed E-state index contributed by atoms with van der Waals surface area (Å²) in [5.74, 6) is -0.157. The Morgan fingerprint density at radius 2 is 2.29 bits per heavy atom. The minimum Gasteiger partial charge on any atom is -0.494 e. The number of pyridine rings is 1. The Kier molecular flexibility index (Phi) is 3.60. The van der Waals surface area contributed by atoms with Crippen LogP contribution in [0.4, 0.5) is 8.78 Å². The minimum atomic E-state index is -2.76. The van der Waals surface area contributed by atoms with E-state index in [-0.39, 0.29) is 16.3 Å². The maximum absolute atomic E-state index is 12.4. The van der Waals surface area contributed by atoms with Crippen molar-refractivity contribution in [1.29, 1.82) is 0 Å². The van der Waals surface area contributed by atoms with Gasteiger partial charge in [-0.2, -0.15) is 0 Å². The van der Waals surface area contributed by atoms with Gasteiger partial charge in [0.1, 0.15) is 5.69 Å². The first-order valence-corrected chi connectivity index (χ1v) is 4.09. The van der Waals surface area contributed by atoms with Gasteiger partial charge in [0.15, 0.2) is 5.75 Å². The fraction of sp³-hybridized carbons (Fsp3) is 0.375. The van der Waals surface area contributed by atoms with Crippen LogP contribution in [0.1, 0.15) is 17.7 Å². The van der Waals surface area contributed by atoms with Gasteiger partial charge in [-0.05, 0) is 0 Å². The summed E-state index contributed by atoms with van der Waals surface area (Å²) in [6, 6.07) is 0. The Balaban J connectivity index is 3.33.